The Hall–Kier alpha value is -1.92. The van der Waals surface area contributed by atoms with E-state index in [-0.39, 0.29) is 12.5 Å². The number of nitrogens with zero attached hydrogens (tertiary/aromatic N) is 1. The van der Waals surface area contributed by atoms with E-state index in [9.17, 15) is 4.79 Å². The first kappa shape index (κ1) is 21.1. The van der Waals surface area contributed by atoms with E-state index < -0.39 is 0 Å². The number of carbonyl (C=O) groups excluding carboxylic acids is 2. The Kier molecular flexibility index (Phi) is 12.6. The lowest BCUT2D eigenvalue weighted by molar-refractivity contribution is -0.135. The van der Waals surface area contributed by atoms with Crippen LogP contribution in [0.15, 0.2) is 24.3 Å². The zero-order valence-corrected chi connectivity index (χ0v) is 14.3. The molecule has 0 aliphatic carbocycles. The molecule has 0 spiro atoms. The van der Waals surface area contributed by atoms with Crippen molar-refractivity contribution in [3.05, 3.63) is 29.8 Å². The molecule has 1 N–H and O–H groups in total. The molecular formula is C17H28N2O4. The first-order chi connectivity index (χ1) is 11.2. The molecule has 0 saturated heterocycles. The van der Waals surface area contributed by atoms with Crippen molar-refractivity contribution < 1.29 is 19.1 Å². The van der Waals surface area contributed by atoms with Crippen LogP contribution in [0.25, 0.3) is 0 Å². The van der Waals surface area contributed by atoms with E-state index in [1.807, 2.05) is 45.0 Å². The minimum Gasteiger partial charge on any atom is -0.492 e. The Morgan fingerprint density at radius 3 is 2.70 bits per heavy atom. The topological polar surface area (TPSA) is 67.9 Å². The smallest absolute Gasteiger partial charge is 0.248 e. The SMILES string of the molecule is C=O.CCCOCC(=O)N(C)Cc1cccc(OCCNC)c1. The quantitative estimate of drug-likeness (QED) is 0.660. The molecule has 0 aromatic heterocycles. The van der Waals surface area contributed by atoms with Crippen molar-refractivity contribution in [1.82, 2.24) is 10.2 Å². The summed E-state index contributed by atoms with van der Waals surface area (Å²) in [6, 6.07) is 7.81. The van der Waals surface area contributed by atoms with Gasteiger partial charge in [0.25, 0.3) is 0 Å². The number of likely N-dealkylation sites (N-methyl/N-ethyl adjacent to an activating group) is 2. The van der Waals surface area contributed by atoms with Crippen molar-refractivity contribution >= 4 is 12.7 Å². The van der Waals surface area contributed by atoms with Gasteiger partial charge in [0.15, 0.2) is 0 Å². The number of nitrogens with one attached hydrogen (secondary N) is 1. The van der Waals surface area contributed by atoms with Crippen LogP contribution in [-0.2, 0) is 20.9 Å². The van der Waals surface area contributed by atoms with E-state index in [4.69, 9.17) is 14.3 Å². The molecule has 0 aliphatic rings. The molecule has 0 bridgehead atoms. The molecule has 1 aromatic rings. The van der Waals surface area contributed by atoms with Gasteiger partial charge in [-0.05, 0) is 31.2 Å². The fraction of sp³-hybridized carbons (Fsp3) is 0.529. The molecule has 0 unspecified atom stereocenters. The lowest BCUT2D eigenvalue weighted by Gasteiger charge is -2.17. The highest BCUT2D eigenvalue weighted by atomic mass is 16.5. The summed E-state index contributed by atoms with van der Waals surface area (Å²) < 4.78 is 10.9. The first-order valence-electron chi connectivity index (χ1n) is 7.64. The second kappa shape index (κ2) is 13.7. The van der Waals surface area contributed by atoms with E-state index in [0.717, 1.165) is 24.3 Å². The van der Waals surface area contributed by atoms with Crippen LogP contribution < -0.4 is 10.1 Å². The normalized spacial score (nSPS) is 9.70. The van der Waals surface area contributed by atoms with E-state index in [1.54, 1.807) is 11.9 Å². The van der Waals surface area contributed by atoms with Crippen LogP contribution in [0.5, 0.6) is 5.75 Å². The van der Waals surface area contributed by atoms with Crippen LogP contribution in [0, 0.1) is 0 Å². The summed E-state index contributed by atoms with van der Waals surface area (Å²) in [6.07, 6.45) is 0.920. The number of rotatable bonds is 10. The van der Waals surface area contributed by atoms with Gasteiger partial charge >= 0.3 is 0 Å². The average Bonchev–Trinajstić information content (AvgIpc) is 2.57. The van der Waals surface area contributed by atoms with Crippen LogP contribution >= 0.6 is 0 Å². The fourth-order valence-corrected chi connectivity index (χ4v) is 1.78. The Morgan fingerprint density at radius 1 is 1.30 bits per heavy atom. The highest BCUT2D eigenvalue weighted by Gasteiger charge is 2.09. The molecule has 23 heavy (non-hydrogen) atoms. The van der Waals surface area contributed by atoms with Crippen LogP contribution in [0.3, 0.4) is 0 Å². The maximum Gasteiger partial charge on any atom is 0.248 e. The fourth-order valence-electron chi connectivity index (χ4n) is 1.78. The van der Waals surface area contributed by atoms with Gasteiger partial charge in [0.05, 0.1) is 0 Å². The molecule has 0 aliphatic heterocycles. The van der Waals surface area contributed by atoms with Gasteiger partial charge in [-0.2, -0.15) is 0 Å². The number of ether oxygens (including phenoxy) is 2. The van der Waals surface area contributed by atoms with E-state index in [0.29, 0.717) is 19.8 Å². The largest absolute Gasteiger partial charge is 0.492 e. The van der Waals surface area contributed by atoms with Gasteiger partial charge in [0.2, 0.25) is 5.91 Å². The molecule has 0 fully saturated rings. The van der Waals surface area contributed by atoms with Crippen LogP contribution in [0.1, 0.15) is 18.9 Å². The summed E-state index contributed by atoms with van der Waals surface area (Å²) in [5, 5.41) is 3.03. The number of hydrogen-bond donors (Lipinski definition) is 1. The molecular weight excluding hydrogens is 296 g/mol. The number of carbonyl (C=O) groups is 2. The van der Waals surface area contributed by atoms with Gasteiger partial charge in [-0.15, -0.1) is 0 Å². The third-order valence-corrected chi connectivity index (χ3v) is 2.94. The van der Waals surface area contributed by atoms with Crippen LogP contribution in [-0.4, -0.2) is 58.1 Å². The molecule has 0 radical (unpaired) electrons. The van der Waals surface area contributed by atoms with Crippen molar-refractivity contribution in [3.8, 4) is 5.75 Å². The first-order valence-corrected chi connectivity index (χ1v) is 7.64. The second-order valence-electron chi connectivity index (χ2n) is 4.90. The van der Waals surface area contributed by atoms with Crippen LogP contribution in [0.2, 0.25) is 0 Å². The van der Waals surface area contributed by atoms with Gasteiger partial charge < -0.3 is 24.5 Å². The minimum atomic E-state index is -0.00930. The summed E-state index contributed by atoms with van der Waals surface area (Å²) >= 11 is 0. The molecule has 6 nitrogen and oxygen atoms in total. The zero-order valence-electron chi connectivity index (χ0n) is 14.3. The molecule has 1 aromatic carbocycles. The Bertz CT molecular complexity index is 440. The third kappa shape index (κ3) is 9.65. The van der Waals surface area contributed by atoms with Gasteiger partial charge in [0, 0.05) is 26.7 Å². The molecule has 1 amide bonds. The molecule has 0 atom stereocenters. The lowest BCUT2D eigenvalue weighted by atomic mass is 10.2. The van der Waals surface area contributed by atoms with Gasteiger partial charge in [-0.3, -0.25) is 4.79 Å². The number of amides is 1. The van der Waals surface area contributed by atoms with E-state index in [1.165, 1.54) is 0 Å². The van der Waals surface area contributed by atoms with Gasteiger partial charge in [0.1, 0.15) is 25.8 Å². The molecule has 130 valence electrons. The van der Waals surface area contributed by atoms with E-state index in [2.05, 4.69) is 5.32 Å². The summed E-state index contributed by atoms with van der Waals surface area (Å²) in [6.45, 7) is 6.76. The molecule has 1 rings (SSSR count). The molecule has 0 saturated carbocycles. The molecule has 6 heteroatoms. The minimum absolute atomic E-state index is 0.00930. The van der Waals surface area contributed by atoms with Crippen molar-refractivity contribution in [2.45, 2.75) is 19.9 Å². The summed E-state index contributed by atoms with van der Waals surface area (Å²) in [5.74, 6) is 0.816. The van der Waals surface area contributed by atoms with Crippen molar-refractivity contribution in [2.75, 3.05) is 40.5 Å². The highest BCUT2D eigenvalue weighted by Crippen LogP contribution is 2.14. The van der Waals surface area contributed by atoms with Crippen molar-refractivity contribution in [1.29, 1.82) is 0 Å². The highest BCUT2D eigenvalue weighted by molar-refractivity contribution is 5.77. The Balaban J connectivity index is 0.00000232. The van der Waals surface area contributed by atoms with Crippen molar-refractivity contribution in [2.24, 2.45) is 0 Å². The summed E-state index contributed by atoms with van der Waals surface area (Å²) in [4.78, 5) is 21.5. The maximum atomic E-state index is 11.9. The van der Waals surface area contributed by atoms with Crippen LogP contribution in [0.4, 0.5) is 0 Å². The third-order valence-electron chi connectivity index (χ3n) is 2.94. The summed E-state index contributed by atoms with van der Waals surface area (Å²) in [5.41, 5.74) is 1.04. The lowest BCUT2D eigenvalue weighted by Crippen LogP contribution is -2.30. The number of hydrogen-bond acceptors (Lipinski definition) is 5. The second-order valence-corrected chi connectivity index (χ2v) is 4.90. The Morgan fingerprint density at radius 2 is 2.04 bits per heavy atom. The standard InChI is InChI=1S/C16H26N2O3.CH2O/c1-4-9-20-13-16(19)18(3)12-14-6-5-7-15(11-14)21-10-8-17-2;1-2/h5-7,11,17H,4,8-10,12-13H2,1-3H3;1H2. The predicted molar refractivity (Wildman–Crippen MR) is 90.6 cm³/mol. The number of benzene rings is 1. The van der Waals surface area contributed by atoms with Gasteiger partial charge in [-0.25, -0.2) is 0 Å². The van der Waals surface area contributed by atoms with Crippen molar-refractivity contribution in [3.63, 3.8) is 0 Å². The monoisotopic (exact) mass is 324 g/mol. The van der Waals surface area contributed by atoms with Gasteiger partial charge in [-0.1, -0.05) is 19.1 Å². The Labute approximate surface area is 138 Å². The van der Waals surface area contributed by atoms with E-state index >= 15 is 0 Å². The average molecular weight is 324 g/mol. The zero-order chi connectivity index (χ0) is 17.5. The summed E-state index contributed by atoms with van der Waals surface area (Å²) in [7, 11) is 3.67. The molecule has 0 heterocycles. The predicted octanol–water partition coefficient (Wildman–Crippen LogP) is 1.48. The maximum absolute atomic E-state index is 11.9.